The molecule has 2 saturated heterocycles. The largest absolute Gasteiger partial charge is 0.466 e. The molecule has 18 heavy (non-hydrogen) atoms. The van der Waals surface area contributed by atoms with Crippen LogP contribution in [-0.2, 0) is 19.1 Å². The van der Waals surface area contributed by atoms with E-state index < -0.39 is 5.97 Å². The van der Waals surface area contributed by atoms with Crippen molar-refractivity contribution in [3.05, 3.63) is 12.3 Å². The molecule has 0 aromatic heterocycles. The fourth-order valence-electron chi connectivity index (χ4n) is 2.29. The minimum absolute atomic E-state index is 0.0352. The topological polar surface area (TPSA) is 59.1 Å². The van der Waals surface area contributed by atoms with Crippen LogP contribution < -0.4 is 0 Å². The van der Waals surface area contributed by atoms with Crippen LogP contribution in [0.1, 0.15) is 13.3 Å². The maximum absolute atomic E-state index is 12.0. The molecule has 2 heterocycles. The normalized spacial score (nSPS) is 28.4. The first kappa shape index (κ1) is 12.9. The Hall–Kier alpha value is -1.56. The Labute approximate surface area is 106 Å². The minimum atomic E-state index is -0.428. The van der Waals surface area contributed by atoms with Crippen molar-refractivity contribution in [3.8, 4) is 0 Å². The van der Waals surface area contributed by atoms with Crippen LogP contribution in [0, 0.1) is 0 Å². The quantitative estimate of drug-likeness (QED) is 0.511. The Morgan fingerprint density at radius 1 is 1.56 bits per heavy atom. The average Bonchev–Trinajstić information content (AvgIpc) is 2.35. The zero-order valence-corrected chi connectivity index (χ0v) is 10.7. The van der Waals surface area contributed by atoms with Gasteiger partial charge >= 0.3 is 5.97 Å². The summed E-state index contributed by atoms with van der Waals surface area (Å²) in [5.74, 6) is -0.393. The number of esters is 1. The number of carbonyl (C=O) groups excluding carboxylic acids is 2. The van der Waals surface area contributed by atoms with Crippen molar-refractivity contribution in [2.24, 2.45) is 0 Å². The van der Waals surface area contributed by atoms with E-state index in [1.807, 2.05) is 6.92 Å². The zero-order valence-electron chi connectivity index (χ0n) is 10.7. The van der Waals surface area contributed by atoms with Gasteiger partial charge in [0.2, 0.25) is 5.91 Å². The van der Waals surface area contributed by atoms with Gasteiger partial charge in [0.25, 0.3) is 0 Å². The van der Waals surface area contributed by atoms with E-state index in [4.69, 9.17) is 4.74 Å². The molecule has 2 fully saturated rings. The van der Waals surface area contributed by atoms with Gasteiger partial charge in [0, 0.05) is 18.3 Å². The Bertz CT molecular complexity index is 369. The summed E-state index contributed by atoms with van der Waals surface area (Å²) < 4.78 is 10.1. The lowest BCUT2D eigenvalue weighted by Gasteiger charge is -2.46. The first-order chi connectivity index (χ1) is 8.61. The summed E-state index contributed by atoms with van der Waals surface area (Å²) in [7, 11) is 1.32. The standard InChI is InChI=1S/C12H18N2O4/c1-9-4-6-18-11-8-13(5-3-12(16)17-2)7-10(15)14(9)11/h3,5,9,11H,4,6-8H2,1-2H3/b5-3+/t9-,11?/m1/s1. The number of piperazine rings is 1. The van der Waals surface area contributed by atoms with Crippen LogP contribution in [0.25, 0.3) is 0 Å². The Morgan fingerprint density at radius 2 is 2.33 bits per heavy atom. The van der Waals surface area contributed by atoms with Crippen molar-refractivity contribution >= 4 is 11.9 Å². The van der Waals surface area contributed by atoms with Gasteiger partial charge in [-0.05, 0) is 13.3 Å². The van der Waals surface area contributed by atoms with Crippen LogP contribution in [0.2, 0.25) is 0 Å². The number of carbonyl (C=O) groups is 2. The molecule has 0 saturated carbocycles. The molecule has 100 valence electrons. The molecule has 2 aliphatic heterocycles. The first-order valence-electron chi connectivity index (χ1n) is 6.05. The summed E-state index contributed by atoms with van der Waals surface area (Å²) in [5.41, 5.74) is 0. The molecule has 0 spiro atoms. The summed E-state index contributed by atoms with van der Waals surface area (Å²) in [6.07, 6.45) is 3.57. The van der Waals surface area contributed by atoms with Gasteiger partial charge in [-0.2, -0.15) is 0 Å². The van der Waals surface area contributed by atoms with Crippen molar-refractivity contribution in [3.63, 3.8) is 0 Å². The smallest absolute Gasteiger partial charge is 0.331 e. The third-order valence-corrected chi connectivity index (χ3v) is 3.27. The van der Waals surface area contributed by atoms with Crippen LogP contribution in [-0.4, -0.2) is 60.8 Å². The summed E-state index contributed by atoms with van der Waals surface area (Å²) in [4.78, 5) is 26.6. The Balaban J connectivity index is 2.01. The number of ether oxygens (including phenoxy) is 2. The molecule has 6 heteroatoms. The molecule has 2 rings (SSSR count). The van der Waals surface area contributed by atoms with Crippen molar-refractivity contribution in [1.29, 1.82) is 0 Å². The van der Waals surface area contributed by atoms with E-state index in [9.17, 15) is 9.59 Å². The highest BCUT2D eigenvalue weighted by molar-refractivity contribution is 5.82. The number of methoxy groups -OCH3 is 1. The van der Waals surface area contributed by atoms with Crippen molar-refractivity contribution in [2.45, 2.75) is 25.6 Å². The third-order valence-electron chi connectivity index (χ3n) is 3.27. The van der Waals surface area contributed by atoms with Crippen LogP contribution in [0.3, 0.4) is 0 Å². The van der Waals surface area contributed by atoms with Crippen LogP contribution in [0.5, 0.6) is 0 Å². The van der Waals surface area contributed by atoms with Crippen LogP contribution >= 0.6 is 0 Å². The van der Waals surface area contributed by atoms with Crippen molar-refractivity contribution in [2.75, 3.05) is 26.8 Å². The highest BCUT2D eigenvalue weighted by Crippen LogP contribution is 2.22. The minimum Gasteiger partial charge on any atom is -0.466 e. The lowest BCUT2D eigenvalue weighted by Crippen LogP contribution is -2.61. The fraction of sp³-hybridized carbons (Fsp3) is 0.667. The average molecular weight is 254 g/mol. The predicted octanol–water partition coefficient (Wildman–Crippen LogP) is -0.0478. The van der Waals surface area contributed by atoms with Crippen molar-refractivity contribution < 1.29 is 19.1 Å². The van der Waals surface area contributed by atoms with E-state index in [0.29, 0.717) is 13.2 Å². The van der Waals surface area contributed by atoms with Gasteiger partial charge in [-0.25, -0.2) is 4.79 Å². The number of hydrogen-bond acceptors (Lipinski definition) is 5. The molecule has 1 unspecified atom stereocenters. The van der Waals surface area contributed by atoms with Crippen LogP contribution in [0.15, 0.2) is 12.3 Å². The molecule has 0 bridgehead atoms. The molecular formula is C12H18N2O4. The second-order valence-corrected chi connectivity index (χ2v) is 4.53. The molecule has 0 aromatic carbocycles. The Kier molecular flexibility index (Phi) is 3.86. The van der Waals surface area contributed by atoms with Crippen molar-refractivity contribution in [1.82, 2.24) is 9.80 Å². The molecule has 2 atom stereocenters. The van der Waals surface area contributed by atoms with Gasteiger partial charge < -0.3 is 19.3 Å². The number of amides is 1. The van der Waals surface area contributed by atoms with Gasteiger partial charge in [0.1, 0.15) is 6.23 Å². The molecule has 0 aromatic rings. The first-order valence-corrected chi connectivity index (χ1v) is 6.05. The maximum Gasteiger partial charge on any atom is 0.331 e. The highest BCUT2D eigenvalue weighted by Gasteiger charge is 2.37. The SMILES string of the molecule is COC(=O)/C=C/N1CC(=O)N2C(C1)OCC[C@H]2C. The lowest BCUT2D eigenvalue weighted by molar-refractivity contribution is -0.175. The highest BCUT2D eigenvalue weighted by atomic mass is 16.5. The summed E-state index contributed by atoms with van der Waals surface area (Å²) >= 11 is 0. The second-order valence-electron chi connectivity index (χ2n) is 4.53. The number of hydrogen-bond donors (Lipinski definition) is 0. The number of rotatable bonds is 2. The van der Waals surface area contributed by atoms with E-state index in [1.54, 1.807) is 16.0 Å². The molecule has 1 amide bonds. The molecule has 0 radical (unpaired) electrons. The summed E-state index contributed by atoms with van der Waals surface area (Å²) in [5, 5.41) is 0. The molecule has 0 aliphatic carbocycles. The van der Waals surface area contributed by atoms with Gasteiger partial charge in [-0.3, -0.25) is 4.79 Å². The molecular weight excluding hydrogens is 236 g/mol. The summed E-state index contributed by atoms with van der Waals surface area (Å²) in [6.45, 7) is 3.57. The van der Waals surface area contributed by atoms with E-state index >= 15 is 0 Å². The third kappa shape index (κ3) is 2.64. The van der Waals surface area contributed by atoms with E-state index in [1.165, 1.54) is 13.2 Å². The lowest BCUT2D eigenvalue weighted by atomic mass is 10.1. The predicted molar refractivity (Wildman–Crippen MR) is 63.4 cm³/mol. The Morgan fingerprint density at radius 3 is 3.06 bits per heavy atom. The maximum atomic E-state index is 12.0. The molecule has 6 nitrogen and oxygen atoms in total. The van der Waals surface area contributed by atoms with E-state index in [2.05, 4.69) is 4.74 Å². The zero-order chi connectivity index (χ0) is 13.1. The fourth-order valence-corrected chi connectivity index (χ4v) is 2.29. The molecule has 0 N–H and O–H groups in total. The van der Waals surface area contributed by atoms with Gasteiger partial charge in [-0.1, -0.05) is 0 Å². The van der Waals surface area contributed by atoms with E-state index in [0.717, 1.165) is 6.42 Å². The van der Waals surface area contributed by atoms with Gasteiger partial charge in [0.05, 0.1) is 26.8 Å². The summed E-state index contributed by atoms with van der Waals surface area (Å²) in [6, 6.07) is 0.225. The van der Waals surface area contributed by atoms with Gasteiger partial charge in [-0.15, -0.1) is 0 Å². The number of fused-ring (bicyclic) bond motifs is 1. The monoisotopic (exact) mass is 254 g/mol. The van der Waals surface area contributed by atoms with Gasteiger partial charge in [0.15, 0.2) is 0 Å². The molecule has 2 aliphatic rings. The van der Waals surface area contributed by atoms with Crippen LogP contribution in [0.4, 0.5) is 0 Å². The van der Waals surface area contributed by atoms with E-state index in [-0.39, 0.29) is 24.7 Å². The number of nitrogens with zero attached hydrogens (tertiary/aromatic N) is 2. The second kappa shape index (κ2) is 5.39.